The van der Waals surface area contributed by atoms with E-state index in [1.165, 1.54) is 0 Å². The fraction of sp³-hybridized carbons (Fsp3) is 0.381. The van der Waals surface area contributed by atoms with Crippen LogP contribution in [0.25, 0.3) is 11.0 Å². The second-order valence-corrected chi connectivity index (χ2v) is 10.9. The zero-order valence-electron chi connectivity index (χ0n) is 17.0. The molecule has 0 saturated carbocycles. The molecular formula is C21H22ClN5O3S. The van der Waals surface area contributed by atoms with Crippen molar-refractivity contribution in [2.75, 3.05) is 29.5 Å². The molecule has 31 heavy (non-hydrogen) atoms. The van der Waals surface area contributed by atoms with Crippen molar-refractivity contribution in [1.29, 1.82) is 0 Å². The number of nitrogens with one attached hydrogen (secondary N) is 1. The van der Waals surface area contributed by atoms with Gasteiger partial charge in [0.1, 0.15) is 11.2 Å². The Kier molecular flexibility index (Phi) is 4.80. The van der Waals surface area contributed by atoms with Crippen LogP contribution in [0, 0.1) is 0 Å². The number of nitrogens with zero attached hydrogens (tertiary/aromatic N) is 4. The molecule has 0 atom stereocenters. The predicted octanol–water partition coefficient (Wildman–Crippen LogP) is 1.91. The molecule has 2 aliphatic rings. The Morgan fingerprint density at radius 1 is 1.26 bits per heavy atom. The topological polar surface area (TPSA) is 97.2 Å². The average Bonchev–Trinajstić information content (AvgIpc) is 3.18. The van der Waals surface area contributed by atoms with E-state index >= 15 is 0 Å². The molecule has 8 nitrogen and oxygen atoms in total. The molecule has 0 aliphatic carbocycles. The molecule has 3 aromatic rings. The SMILES string of the molecule is CCS(=O)(=O)CCn1c(CN2C(=O)C3(CNC3)c3ccncc32)nc2cc(Cl)ccc21. The number of anilines is 1. The number of aryl methyl sites for hydroxylation is 1. The number of rotatable bonds is 6. The lowest BCUT2D eigenvalue weighted by molar-refractivity contribution is -0.125. The monoisotopic (exact) mass is 459 g/mol. The summed E-state index contributed by atoms with van der Waals surface area (Å²) < 4.78 is 26.2. The maximum absolute atomic E-state index is 13.4. The second kappa shape index (κ2) is 7.29. The van der Waals surface area contributed by atoms with Gasteiger partial charge in [-0.2, -0.15) is 0 Å². The highest BCUT2D eigenvalue weighted by Crippen LogP contribution is 2.44. The maximum Gasteiger partial charge on any atom is 0.240 e. The number of aromatic nitrogens is 3. The average molecular weight is 460 g/mol. The van der Waals surface area contributed by atoms with Crippen molar-refractivity contribution in [2.45, 2.75) is 25.4 Å². The Bertz CT molecular complexity index is 1300. The number of fused-ring (bicyclic) bond motifs is 3. The minimum absolute atomic E-state index is 0.00450. The van der Waals surface area contributed by atoms with Gasteiger partial charge in [0.2, 0.25) is 5.91 Å². The number of hydrogen-bond acceptors (Lipinski definition) is 6. The maximum atomic E-state index is 13.4. The number of hydrogen-bond donors (Lipinski definition) is 1. The molecule has 162 valence electrons. The Labute approximate surface area is 185 Å². The molecule has 1 saturated heterocycles. The predicted molar refractivity (Wildman–Crippen MR) is 119 cm³/mol. The molecule has 1 N–H and O–H groups in total. The van der Waals surface area contributed by atoms with Crippen LogP contribution >= 0.6 is 11.6 Å². The van der Waals surface area contributed by atoms with Gasteiger partial charge in [0.05, 0.1) is 35.2 Å². The van der Waals surface area contributed by atoms with Gasteiger partial charge in [0, 0.05) is 36.6 Å². The number of sulfone groups is 1. The zero-order valence-corrected chi connectivity index (χ0v) is 18.6. The lowest BCUT2D eigenvalue weighted by atomic mass is 9.77. The minimum atomic E-state index is -3.16. The molecule has 1 fully saturated rings. The highest BCUT2D eigenvalue weighted by atomic mass is 35.5. The number of benzene rings is 1. The number of carbonyl (C=O) groups is 1. The molecule has 2 aromatic heterocycles. The Morgan fingerprint density at radius 3 is 2.77 bits per heavy atom. The van der Waals surface area contributed by atoms with Crippen molar-refractivity contribution in [3.05, 3.63) is 53.1 Å². The first-order chi connectivity index (χ1) is 14.8. The van der Waals surface area contributed by atoms with Gasteiger partial charge in [0.15, 0.2) is 9.84 Å². The summed E-state index contributed by atoms with van der Waals surface area (Å²) in [5.74, 6) is 0.730. The molecule has 4 heterocycles. The van der Waals surface area contributed by atoms with Crippen molar-refractivity contribution < 1.29 is 13.2 Å². The van der Waals surface area contributed by atoms with Crippen LogP contribution in [-0.4, -0.2) is 53.5 Å². The third kappa shape index (κ3) is 3.22. The summed E-state index contributed by atoms with van der Waals surface area (Å²) in [6.07, 6.45) is 3.42. The summed E-state index contributed by atoms with van der Waals surface area (Å²) in [5, 5.41) is 3.76. The van der Waals surface area contributed by atoms with Crippen molar-refractivity contribution in [2.24, 2.45) is 0 Å². The minimum Gasteiger partial charge on any atom is -0.325 e. The largest absolute Gasteiger partial charge is 0.325 e. The van der Waals surface area contributed by atoms with Gasteiger partial charge in [-0.3, -0.25) is 9.78 Å². The lowest BCUT2D eigenvalue weighted by Gasteiger charge is -2.37. The van der Waals surface area contributed by atoms with Gasteiger partial charge in [-0.25, -0.2) is 13.4 Å². The number of halogens is 1. The number of carbonyl (C=O) groups excluding carboxylic acids is 1. The van der Waals surface area contributed by atoms with Crippen molar-refractivity contribution >= 4 is 44.1 Å². The van der Waals surface area contributed by atoms with Gasteiger partial charge in [-0.05, 0) is 29.8 Å². The number of imidazole rings is 1. The van der Waals surface area contributed by atoms with Crippen molar-refractivity contribution in [3.8, 4) is 0 Å². The molecule has 2 aliphatic heterocycles. The molecular weight excluding hydrogens is 438 g/mol. The fourth-order valence-corrected chi connectivity index (χ4v) is 5.32. The fourth-order valence-electron chi connectivity index (χ4n) is 4.40. The third-order valence-electron chi connectivity index (χ3n) is 6.27. The molecule has 10 heteroatoms. The summed E-state index contributed by atoms with van der Waals surface area (Å²) in [5.41, 5.74) is 2.68. The standard InChI is InChI=1S/C21H22ClN5O3S/c1-2-31(29,30)8-7-26-17-4-3-14(22)9-16(17)25-19(26)11-27-18-10-23-6-5-15(18)21(20(27)28)12-24-13-21/h3-6,9-10,24H,2,7-8,11-13H2,1H3. The van der Waals surface area contributed by atoms with E-state index in [4.69, 9.17) is 16.6 Å². The van der Waals surface area contributed by atoms with E-state index < -0.39 is 15.3 Å². The van der Waals surface area contributed by atoms with E-state index in [1.807, 2.05) is 16.7 Å². The van der Waals surface area contributed by atoms with E-state index in [9.17, 15) is 13.2 Å². The van der Waals surface area contributed by atoms with Crippen LogP contribution < -0.4 is 10.2 Å². The van der Waals surface area contributed by atoms with Crippen LogP contribution in [-0.2, 0) is 33.1 Å². The Morgan fingerprint density at radius 2 is 2.06 bits per heavy atom. The Balaban J connectivity index is 1.56. The van der Waals surface area contributed by atoms with Crippen LogP contribution in [0.1, 0.15) is 18.3 Å². The van der Waals surface area contributed by atoms with Crippen molar-refractivity contribution in [3.63, 3.8) is 0 Å². The first kappa shape index (κ1) is 20.4. The summed E-state index contributed by atoms with van der Waals surface area (Å²) >= 11 is 6.15. The van der Waals surface area contributed by atoms with Gasteiger partial charge in [0.25, 0.3) is 0 Å². The van der Waals surface area contributed by atoms with Gasteiger partial charge < -0.3 is 14.8 Å². The molecule has 0 unspecified atom stereocenters. The first-order valence-electron chi connectivity index (χ1n) is 10.2. The van der Waals surface area contributed by atoms with Gasteiger partial charge >= 0.3 is 0 Å². The van der Waals surface area contributed by atoms with Crippen LogP contribution in [0.15, 0.2) is 36.7 Å². The van der Waals surface area contributed by atoms with E-state index in [1.54, 1.807) is 36.4 Å². The van der Waals surface area contributed by atoms with Crippen LogP contribution in [0.2, 0.25) is 5.02 Å². The third-order valence-corrected chi connectivity index (χ3v) is 8.19. The van der Waals surface area contributed by atoms with Crippen LogP contribution in [0.5, 0.6) is 0 Å². The number of amides is 1. The quantitative estimate of drug-likeness (QED) is 0.604. The van der Waals surface area contributed by atoms with E-state index in [0.717, 1.165) is 16.8 Å². The molecule has 0 bridgehead atoms. The molecule has 5 rings (SSSR count). The summed E-state index contributed by atoms with van der Waals surface area (Å²) in [4.78, 5) is 24.1. The first-order valence-corrected chi connectivity index (χ1v) is 12.4. The summed E-state index contributed by atoms with van der Waals surface area (Å²) in [6.45, 7) is 3.33. The van der Waals surface area contributed by atoms with Crippen molar-refractivity contribution in [1.82, 2.24) is 19.9 Å². The summed E-state index contributed by atoms with van der Waals surface area (Å²) in [6, 6.07) is 7.26. The lowest BCUT2D eigenvalue weighted by Crippen LogP contribution is -2.61. The Hall–Kier alpha value is -2.49. The van der Waals surface area contributed by atoms with Gasteiger partial charge in [-0.15, -0.1) is 0 Å². The van der Waals surface area contributed by atoms with Crippen LogP contribution in [0.4, 0.5) is 5.69 Å². The molecule has 0 radical (unpaired) electrons. The van der Waals surface area contributed by atoms with Crippen LogP contribution in [0.3, 0.4) is 0 Å². The normalized spacial score (nSPS) is 17.4. The van der Waals surface area contributed by atoms with Gasteiger partial charge in [-0.1, -0.05) is 18.5 Å². The summed E-state index contributed by atoms with van der Waals surface area (Å²) in [7, 11) is -3.16. The second-order valence-electron chi connectivity index (χ2n) is 8.02. The smallest absolute Gasteiger partial charge is 0.240 e. The highest BCUT2D eigenvalue weighted by Gasteiger charge is 2.55. The van der Waals surface area contributed by atoms with E-state index in [-0.39, 0.29) is 30.5 Å². The molecule has 1 amide bonds. The molecule has 1 spiro atoms. The van der Waals surface area contributed by atoms with E-state index in [2.05, 4.69) is 10.3 Å². The zero-order chi connectivity index (χ0) is 21.8. The molecule has 1 aromatic carbocycles. The highest BCUT2D eigenvalue weighted by molar-refractivity contribution is 7.91. The van der Waals surface area contributed by atoms with E-state index in [0.29, 0.717) is 29.5 Å². The number of pyridine rings is 1.